The fourth-order valence-electron chi connectivity index (χ4n) is 2.79. The Labute approximate surface area is 157 Å². The maximum atomic E-state index is 12.3. The molecule has 1 amide bonds. The molecule has 0 unspecified atom stereocenters. The van der Waals surface area contributed by atoms with E-state index in [2.05, 4.69) is 4.98 Å². The number of benzene rings is 1. The molecule has 0 aliphatic heterocycles. The maximum absolute atomic E-state index is 12.3. The molecule has 7 heteroatoms. The van der Waals surface area contributed by atoms with Crippen molar-refractivity contribution < 1.29 is 19.4 Å². The van der Waals surface area contributed by atoms with Gasteiger partial charge in [0.2, 0.25) is 5.91 Å². The van der Waals surface area contributed by atoms with Crippen molar-refractivity contribution in [1.29, 1.82) is 0 Å². The van der Waals surface area contributed by atoms with Gasteiger partial charge in [0, 0.05) is 12.3 Å². The summed E-state index contributed by atoms with van der Waals surface area (Å²) in [6.45, 7) is 9.11. The van der Waals surface area contributed by atoms with E-state index in [0.717, 1.165) is 22.4 Å². The van der Waals surface area contributed by atoms with Gasteiger partial charge in [-0.2, -0.15) is 0 Å². The molecular weight excluding hydrogens is 352 g/mol. The number of aliphatic hydroxyl groups excluding tert-OH is 1. The van der Waals surface area contributed by atoms with E-state index in [0.29, 0.717) is 17.2 Å². The van der Waals surface area contributed by atoms with Gasteiger partial charge in [-0.1, -0.05) is 24.6 Å². The van der Waals surface area contributed by atoms with Crippen LogP contribution in [0.2, 0.25) is 0 Å². The minimum absolute atomic E-state index is 0.0377. The average Bonchev–Trinajstić information content (AvgIpc) is 3.02. The Hall–Kier alpha value is -2.25. The molecule has 6 nitrogen and oxygen atoms in total. The molecule has 140 valence electrons. The monoisotopic (exact) mass is 376 g/mol. The molecule has 1 aromatic heterocycles. The summed E-state index contributed by atoms with van der Waals surface area (Å²) < 4.78 is 5.05. The van der Waals surface area contributed by atoms with Gasteiger partial charge >= 0.3 is 5.97 Å². The lowest BCUT2D eigenvalue weighted by Crippen LogP contribution is -2.24. The fraction of sp³-hybridized carbons (Fsp3) is 0.421. The molecule has 0 aliphatic rings. The molecule has 0 saturated carbocycles. The number of aromatic nitrogens is 1. The number of amides is 1. The SMILES string of the molecule is CC[C@@H](O)C(=O)OCc1csc(N(C(C)=O)c2c(C)cc(C)cc2C)n1. The van der Waals surface area contributed by atoms with Gasteiger partial charge in [-0.15, -0.1) is 11.3 Å². The Kier molecular flexibility index (Phi) is 6.50. The van der Waals surface area contributed by atoms with Crippen molar-refractivity contribution in [3.63, 3.8) is 0 Å². The van der Waals surface area contributed by atoms with Crippen molar-refractivity contribution >= 4 is 34.0 Å². The van der Waals surface area contributed by atoms with Gasteiger partial charge in [-0.25, -0.2) is 9.78 Å². The highest BCUT2D eigenvalue weighted by molar-refractivity contribution is 7.14. The number of ether oxygens (including phenoxy) is 1. The summed E-state index contributed by atoms with van der Waals surface area (Å²) in [5.41, 5.74) is 4.48. The highest BCUT2D eigenvalue weighted by Gasteiger charge is 2.22. The van der Waals surface area contributed by atoms with E-state index in [9.17, 15) is 14.7 Å². The Morgan fingerprint density at radius 3 is 2.42 bits per heavy atom. The zero-order chi connectivity index (χ0) is 19.4. The predicted molar refractivity (Wildman–Crippen MR) is 102 cm³/mol. The van der Waals surface area contributed by atoms with Gasteiger partial charge < -0.3 is 9.84 Å². The number of nitrogens with zero attached hydrogens (tertiary/aromatic N) is 2. The second kappa shape index (κ2) is 8.42. The molecule has 1 atom stereocenters. The maximum Gasteiger partial charge on any atom is 0.335 e. The van der Waals surface area contributed by atoms with E-state index in [1.165, 1.54) is 18.3 Å². The number of hydrogen-bond donors (Lipinski definition) is 1. The Balaban J connectivity index is 2.27. The highest BCUT2D eigenvalue weighted by atomic mass is 32.1. The highest BCUT2D eigenvalue weighted by Crippen LogP contribution is 2.34. The summed E-state index contributed by atoms with van der Waals surface area (Å²) in [5, 5.41) is 11.7. The third-order valence-electron chi connectivity index (χ3n) is 3.93. The topological polar surface area (TPSA) is 79.7 Å². The third kappa shape index (κ3) is 4.47. The second-order valence-electron chi connectivity index (χ2n) is 6.25. The van der Waals surface area contributed by atoms with Gasteiger partial charge in [0.25, 0.3) is 0 Å². The van der Waals surface area contributed by atoms with Crippen LogP contribution in [-0.2, 0) is 20.9 Å². The summed E-state index contributed by atoms with van der Waals surface area (Å²) in [6.07, 6.45) is -0.828. The van der Waals surface area contributed by atoms with Crippen LogP contribution in [-0.4, -0.2) is 28.1 Å². The van der Waals surface area contributed by atoms with Crippen molar-refractivity contribution in [2.24, 2.45) is 0 Å². The number of aliphatic hydroxyl groups is 1. The number of rotatable bonds is 6. The predicted octanol–water partition coefficient (Wildman–Crippen LogP) is 3.57. The summed E-state index contributed by atoms with van der Waals surface area (Å²) in [6, 6.07) is 4.06. The fourth-order valence-corrected chi connectivity index (χ4v) is 3.64. The van der Waals surface area contributed by atoms with Crippen LogP contribution >= 0.6 is 11.3 Å². The van der Waals surface area contributed by atoms with Crippen LogP contribution in [0.4, 0.5) is 10.8 Å². The molecule has 26 heavy (non-hydrogen) atoms. The Morgan fingerprint density at radius 2 is 1.88 bits per heavy atom. The number of thiazole rings is 1. The molecular formula is C19H24N2O4S. The number of carbonyl (C=O) groups is 2. The second-order valence-corrected chi connectivity index (χ2v) is 7.09. The molecule has 2 rings (SSSR count). The van der Waals surface area contributed by atoms with Crippen LogP contribution in [0, 0.1) is 20.8 Å². The number of carbonyl (C=O) groups excluding carboxylic acids is 2. The first kappa shape index (κ1) is 20.1. The third-order valence-corrected chi connectivity index (χ3v) is 4.80. The lowest BCUT2D eigenvalue weighted by Gasteiger charge is -2.23. The molecule has 0 fully saturated rings. The number of anilines is 2. The van der Waals surface area contributed by atoms with Crippen molar-refractivity contribution in [3.05, 3.63) is 39.9 Å². The summed E-state index contributed by atoms with van der Waals surface area (Å²) in [4.78, 5) is 29.9. The summed E-state index contributed by atoms with van der Waals surface area (Å²) in [7, 11) is 0. The van der Waals surface area contributed by atoms with Gasteiger partial charge in [0.1, 0.15) is 6.61 Å². The van der Waals surface area contributed by atoms with Crippen LogP contribution in [0.5, 0.6) is 0 Å². The lowest BCUT2D eigenvalue weighted by atomic mass is 10.0. The van der Waals surface area contributed by atoms with E-state index in [1.54, 1.807) is 17.2 Å². The smallest absolute Gasteiger partial charge is 0.335 e. The molecule has 0 spiro atoms. The lowest BCUT2D eigenvalue weighted by molar-refractivity contribution is -0.155. The van der Waals surface area contributed by atoms with E-state index in [1.807, 2.05) is 32.9 Å². The molecule has 0 bridgehead atoms. The van der Waals surface area contributed by atoms with Crippen LogP contribution in [0.1, 0.15) is 42.7 Å². The Morgan fingerprint density at radius 1 is 1.27 bits per heavy atom. The molecule has 1 aromatic carbocycles. The van der Waals surface area contributed by atoms with Crippen LogP contribution in [0.3, 0.4) is 0 Å². The van der Waals surface area contributed by atoms with Crippen molar-refractivity contribution in [2.75, 3.05) is 4.90 Å². The summed E-state index contributed by atoms with van der Waals surface area (Å²) in [5.74, 6) is -0.810. The molecule has 2 aromatic rings. The van der Waals surface area contributed by atoms with Gasteiger partial charge in [-0.3, -0.25) is 9.69 Å². The first-order chi connectivity index (χ1) is 12.2. The quantitative estimate of drug-likeness (QED) is 0.780. The van der Waals surface area contributed by atoms with E-state index >= 15 is 0 Å². The molecule has 1 heterocycles. The number of aryl methyl sites for hydroxylation is 3. The van der Waals surface area contributed by atoms with Crippen LogP contribution in [0.15, 0.2) is 17.5 Å². The molecule has 0 saturated heterocycles. The van der Waals surface area contributed by atoms with Crippen LogP contribution in [0.25, 0.3) is 0 Å². The minimum atomic E-state index is -1.13. The molecule has 0 aliphatic carbocycles. The van der Waals surface area contributed by atoms with Gasteiger partial charge in [0.05, 0.1) is 11.4 Å². The van der Waals surface area contributed by atoms with Crippen molar-refractivity contribution in [3.8, 4) is 0 Å². The Bertz CT molecular complexity index is 793. The largest absolute Gasteiger partial charge is 0.457 e. The zero-order valence-electron chi connectivity index (χ0n) is 15.7. The van der Waals surface area contributed by atoms with E-state index < -0.39 is 12.1 Å². The number of hydrogen-bond acceptors (Lipinski definition) is 6. The van der Waals surface area contributed by atoms with Gasteiger partial charge in [0.15, 0.2) is 11.2 Å². The van der Waals surface area contributed by atoms with Crippen molar-refractivity contribution in [1.82, 2.24) is 4.98 Å². The minimum Gasteiger partial charge on any atom is -0.457 e. The molecule has 1 N–H and O–H groups in total. The summed E-state index contributed by atoms with van der Waals surface area (Å²) >= 11 is 1.31. The van der Waals surface area contributed by atoms with Crippen molar-refractivity contribution in [2.45, 2.75) is 53.8 Å². The van der Waals surface area contributed by atoms with E-state index in [4.69, 9.17) is 4.74 Å². The average molecular weight is 376 g/mol. The van der Waals surface area contributed by atoms with E-state index in [-0.39, 0.29) is 12.5 Å². The normalized spacial score (nSPS) is 11.9. The van der Waals surface area contributed by atoms with Crippen LogP contribution < -0.4 is 4.90 Å². The zero-order valence-corrected chi connectivity index (χ0v) is 16.5. The number of esters is 1. The first-order valence-electron chi connectivity index (χ1n) is 8.42. The molecule has 0 radical (unpaired) electrons. The first-order valence-corrected chi connectivity index (χ1v) is 9.30. The standard InChI is InChI=1S/C19H24N2O4S/c1-6-16(23)18(24)25-9-15-10-26-19(20-15)21(14(5)22)17-12(3)7-11(2)8-13(17)4/h7-8,10,16,23H,6,9H2,1-5H3/t16-/m1/s1. The van der Waals surface area contributed by atoms with Gasteiger partial charge in [-0.05, 0) is 38.3 Å².